The van der Waals surface area contributed by atoms with E-state index in [0.717, 1.165) is 33.4 Å². The zero-order chi connectivity index (χ0) is 43.8. The Morgan fingerprint density at radius 2 is 1.03 bits per heavy atom. The summed E-state index contributed by atoms with van der Waals surface area (Å²) in [5.74, 6) is 3.17. The minimum atomic E-state index is -0.457. The average Bonchev–Trinajstić information content (AvgIpc) is 3.66. The van der Waals surface area contributed by atoms with Gasteiger partial charge in [0, 0.05) is 23.3 Å². The smallest absolute Gasteiger partial charge is 0.231 e. The third-order valence-electron chi connectivity index (χ3n) is 10.8. The van der Waals surface area contributed by atoms with Gasteiger partial charge >= 0.3 is 0 Å². The van der Waals surface area contributed by atoms with Crippen molar-refractivity contribution in [3.63, 3.8) is 0 Å². The molecule has 324 valence electrons. The molecule has 0 fully saturated rings. The molecule has 0 bridgehead atoms. The number of fused-ring (bicyclic) bond motifs is 6. The number of benzene rings is 2. The van der Waals surface area contributed by atoms with Gasteiger partial charge in [-0.1, -0.05) is 33.7 Å². The second-order valence-corrected chi connectivity index (χ2v) is 18.3. The molecule has 4 aromatic rings. The van der Waals surface area contributed by atoms with Crippen LogP contribution in [-0.4, -0.2) is 78.5 Å². The van der Waals surface area contributed by atoms with Gasteiger partial charge in [-0.25, -0.2) is 0 Å². The Hall–Kier alpha value is -4.64. The van der Waals surface area contributed by atoms with Crippen LogP contribution in [-0.2, 0) is 22.4 Å². The molecule has 12 nitrogen and oxygen atoms in total. The van der Waals surface area contributed by atoms with E-state index < -0.39 is 12.1 Å². The van der Waals surface area contributed by atoms with Crippen LogP contribution in [0.15, 0.2) is 67.9 Å². The summed E-state index contributed by atoms with van der Waals surface area (Å²) >= 11 is 2.73. The largest absolute Gasteiger partial charge is 0.493 e. The molecule has 0 unspecified atom stereocenters. The maximum absolute atomic E-state index is 13.5. The minimum Gasteiger partial charge on any atom is -0.493 e. The van der Waals surface area contributed by atoms with Crippen LogP contribution in [0.3, 0.4) is 0 Å². The van der Waals surface area contributed by atoms with Crippen LogP contribution in [0.2, 0.25) is 0 Å². The van der Waals surface area contributed by atoms with Gasteiger partial charge in [0.15, 0.2) is 33.9 Å². The van der Waals surface area contributed by atoms with Gasteiger partial charge in [0.2, 0.25) is 23.3 Å². The molecule has 2 N–H and O–H groups in total. The fourth-order valence-corrected chi connectivity index (χ4v) is 10.8. The number of nitrogens with one attached hydrogen (secondary N) is 2. The van der Waals surface area contributed by atoms with Crippen LogP contribution in [0.4, 0.5) is 0 Å². The summed E-state index contributed by atoms with van der Waals surface area (Å²) in [5, 5.41) is 6.38. The maximum Gasteiger partial charge on any atom is 0.231 e. The Labute approximate surface area is 372 Å². The monoisotopic (exact) mass is 906 g/mol. The van der Waals surface area contributed by atoms with E-state index in [1.165, 1.54) is 45.1 Å². The molecule has 2 aliphatic carbocycles. The fraction of sp³-hybridized carbons (Fsp3) is 0.378. The molecule has 6 rings (SSSR count). The molecule has 16 heteroatoms. The number of hydrogen-bond donors (Lipinski definition) is 2. The molecule has 2 atom stereocenters. The van der Waals surface area contributed by atoms with Crippen molar-refractivity contribution in [1.82, 2.24) is 10.6 Å². The Balaban J connectivity index is 1.14. The third-order valence-corrected chi connectivity index (χ3v) is 14.6. The number of carbonyl (C=O) groups is 2. The van der Waals surface area contributed by atoms with Crippen LogP contribution in [0, 0.1) is 0 Å². The SMILES string of the molecule is COc1cc2c(c(OC)c1OC)-c1ccc(SC)c(=O)cc1[C@@H](NC(=O)CCSSCC(=O)N[C@H]1CCc3cc(OC)c(OC)c(OC)c3-c3ccc(SC)c(=O)cc31)CC2. The molecular weight excluding hydrogens is 857 g/mol. The third kappa shape index (κ3) is 9.72. The highest BCUT2D eigenvalue weighted by atomic mass is 33.1. The number of ether oxygens (including phenoxy) is 6. The molecule has 4 aromatic carbocycles. The number of carbonyl (C=O) groups excluding carboxylic acids is 2. The number of rotatable bonds is 16. The van der Waals surface area contributed by atoms with E-state index in [9.17, 15) is 19.2 Å². The Morgan fingerprint density at radius 3 is 1.44 bits per heavy atom. The Kier molecular flexibility index (Phi) is 15.8. The van der Waals surface area contributed by atoms with Crippen LogP contribution < -0.4 is 49.9 Å². The van der Waals surface area contributed by atoms with Gasteiger partial charge in [-0.2, -0.15) is 0 Å². The quantitative estimate of drug-likeness (QED) is 0.0638. The number of amides is 2. The summed E-state index contributed by atoms with van der Waals surface area (Å²) in [7, 11) is 12.2. The van der Waals surface area contributed by atoms with Crippen LogP contribution in [0.5, 0.6) is 34.5 Å². The second-order valence-electron chi connectivity index (χ2n) is 14.1. The van der Waals surface area contributed by atoms with E-state index in [2.05, 4.69) is 10.6 Å². The van der Waals surface area contributed by atoms with Crippen LogP contribution >= 0.6 is 45.1 Å². The number of methoxy groups -OCH3 is 6. The minimum absolute atomic E-state index is 0.134. The molecule has 2 aliphatic rings. The van der Waals surface area contributed by atoms with Gasteiger partial charge in [0.1, 0.15) is 0 Å². The molecule has 2 amide bonds. The molecule has 0 radical (unpaired) electrons. The topological polar surface area (TPSA) is 148 Å². The van der Waals surface area contributed by atoms with Gasteiger partial charge in [-0.05, 0) is 108 Å². The molecule has 0 aliphatic heterocycles. The summed E-state index contributed by atoms with van der Waals surface area (Å²) in [5.41, 5.74) is 6.15. The summed E-state index contributed by atoms with van der Waals surface area (Å²) in [6.45, 7) is 0. The number of hydrogen-bond acceptors (Lipinski definition) is 14. The number of thioether (sulfide) groups is 2. The molecule has 61 heavy (non-hydrogen) atoms. The van der Waals surface area contributed by atoms with Crippen LogP contribution in [0.25, 0.3) is 22.3 Å². The standard InChI is InChI=1S/C45H50N2O10S4/c1-52-34-19-24-9-13-30(28-21-32(48)36(58-7)15-11-26(28)40(24)44(56-5)42(34)54-3)46-38(50)17-18-60-61-23-39(51)47-31-14-10-25-20-35(53-2)43(55-4)45(57-6)41(25)27-12-16-37(59-8)33(49)22-29(27)31/h11-12,15-16,19-22,30-31H,9-10,13-14,17-18,23H2,1-8H3,(H,46,50)(H,47,51)/t30-,31-/m0/s1. The second kappa shape index (κ2) is 21.0. The van der Waals surface area contributed by atoms with Crippen molar-refractivity contribution in [3.8, 4) is 56.8 Å². The maximum atomic E-state index is 13.5. The average molecular weight is 907 g/mol. The highest BCUT2D eigenvalue weighted by molar-refractivity contribution is 8.76. The van der Waals surface area contributed by atoms with E-state index in [4.69, 9.17) is 28.4 Å². The highest BCUT2D eigenvalue weighted by Gasteiger charge is 2.32. The lowest BCUT2D eigenvalue weighted by molar-refractivity contribution is -0.121. The molecule has 0 saturated carbocycles. The zero-order valence-corrected chi connectivity index (χ0v) is 38.7. The molecule has 0 saturated heterocycles. The van der Waals surface area contributed by atoms with E-state index in [1.54, 1.807) is 60.9 Å². The molecular formula is C45H50N2O10S4. The lowest BCUT2D eigenvalue weighted by atomic mass is 9.95. The van der Waals surface area contributed by atoms with E-state index in [-0.39, 0.29) is 34.8 Å². The molecule has 0 spiro atoms. The van der Waals surface area contributed by atoms with Crippen molar-refractivity contribution in [2.75, 3.05) is 66.7 Å². The first kappa shape index (κ1) is 45.9. The van der Waals surface area contributed by atoms with E-state index in [0.29, 0.717) is 86.9 Å². The van der Waals surface area contributed by atoms with Gasteiger partial charge in [-0.15, -0.1) is 23.5 Å². The van der Waals surface area contributed by atoms with Crippen molar-refractivity contribution in [3.05, 3.63) is 91.2 Å². The first-order valence-corrected chi connectivity index (χ1v) is 24.4. The van der Waals surface area contributed by atoms with Gasteiger partial charge in [-0.3, -0.25) is 19.2 Å². The van der Waals surface area contributed by atoms with E-state index in [1.807, 2.05) is 42.8 Å². The summed E-state index contributed by atoms with van der Waals surface area (Å²) in [6, 6.07) is 13.6. The lowest BCUT2D eigenvalue weighted by Crippen LogP contribution is -2.30. The van der Waals surface area contributed by atoms with Gasteiger partial charge < -0.3 is 39.1 Å². The molecule has 0 heterocycles. The number of aryl methyl sites for hydroxylation is 2. The van der Waals surface area contributed by atoms with Crippen molar-refractivity contribution >= 4 is 56.9 Å². The Bertz CT molecular complexity index is 2270. The summed E-state index contributed by atoms with van der Waals surface area (Å²) in [4.78, 5) is 54.9. The summed E-state index contributed by atoms with van der Waals surface area (Å²) in [6.07, 6.45) is 6.15. The fourth-order valence-electron chi connectivity index (χ4n) is 8.02. The zero-order valence-electron chi connectivity index (χ0n) is 35.4. The van der Waals surface area contributed by atoms with Crippen LogP contribution in [0.1, 0.15) is 53.6 Å². The Morgan fingerprint density at radius 1 is 0.590 bits per heavy atom. The van der Waals surface area contributed by atoms with Gasteiger partial charge in [0.25, 0.3) is 0 Å². The normalized spacial score (nSPS) is 15.0. The first-order chi connectivity index (χ1) is 29.5. The molecule has 0 aromatic heterocycles. The first-order valence-electron chi connectivity index (χ1n) is 19.5. The predicted molar refractivity (Wildman–Crippen MR) is 247 cm³/mol. The highest BCUT2D eigenvalue weighted by Crippen LogP contribution is 2.52. The summed E-state index contributed by atoms with van der Waals surface area (Å²) < 4.78 is 34.5. The van der Waals surface area contributed by atoms with Crippen molar-refractivity contribution in [1.29, 1.82) is 0 Å². The predicted octanol–water partition coefficient (Wildman–Crippen LogP) is 7.92. The van der Waals surface area contributed by atoms with Crippen molar-refractivity contribution in [2.45, 2.75) is 54.0 Å². The van der Waals surface area contributed by atoms with E-state index >= 15 is 0 Å². The van der Waals surface area contributed by atoms with Gasteiger partial charge in [0.05, 0.1) is 70.3 Å². The lowest BCUT2D eigenvalue weighted by Gasteiger charge is -2.20. The van der Waals surface area contributed by atoms with Crippen molar-refractivity contribution in [2.24, 2.45) is 0 Å². The van der Waals surface area contributed by atoms with Crippen molar-refractivity contribution < 1.29 is 38.0 Å².